The zero-order valence-electron chi connectivity index (χ0n) is 12.3. The van der Waals surface area contributed by atoms with Crippen LogP contribution in [0.3, 0.4) is 0 Å². The lowest BCUT2D eigenvalue weighted by Gasteiger charge is -2.28. The highest BCUT2D eigenvalue weighted by Gasteiger charge is 2.19. The number of aliphatic hydroxyl groups excluding tert-OH is 1. The summed E-state index contributed by atoms with van der Waals surface area (Å²) in [7, 11) is 2.04. The predicted octanol–water partition coefficient (Wildman–Crippen LogP) is 2.30. The lowest BCUT2D eigenvalue weighted by Crippen LogP contribution is -2.35. The highest BCUT2D eigenvalue weighted by Crippen LogP contribution is 2.23. The number of hydrogen-bond acceptors (Lipinski definition) is 5. The van der Waals surface area contributed by atoms with Crippen LogP contribution in [0.4, 0.5) is 0 Å². The van der Waals surface area contributed by atoms with Crippen molar-refractivity contribution in [3.63, 3.8) is 0 Å². The molecule has 114 valence electrons. The number of rotatable bonds is 7. The van der Waals surface area contributed by atoms with Crippen LogP contribution in [0.25, 0.3) is 0 Å². The first kappa shape index (κ1) is 15.9. The maximum atomic E-state index is 10.1. The van der Waals surface area contributed by atoms with E-state index in [2.05, 4.69) is 29.3 Å². The van der Waals surface area contributed by atoms with Gasteiger partial charge in [0.1, 0.15) is 0 Å². The Morgan fingerprint density at radius 2 is 2.25 bits per heavy atom. The summed E-state index contributed by atoms with van der Waals surface area (Å²) < 4.78 is 11.1. The topological polar surface area (TPSA) is 41.9 Å². The van der Waals surface area contributed by atoms with Crippen LogP contribution < -0.4 is 0 Å². The van der Waals surface area contributed by atoms with Crippen LogP contribution in [0.2, 0.25) is 0 Å². The first-order chi connectivity index (χ1) is 9.66. The molecule has 1 saturated heterocycles. The average Bonchev–Trinajstić information content (AvgIpc) is 2.99. The number of nitrogens with zero attached hydrogens (tertiary/aromatic N) is 1. The number of hydrogen-bond donors (Lipinski definition) is 1. The number of ether oxygens (including phenoxy) is 2. The second-order valence-electron chi connectivity index (χ2n) is 5.43. The van der Waals surface area contributed by atoms with E-state index in [-0.39, 0.29) is 6.10 Å². The lowest BCUT2D eigenvalue weighted by atomic mass is 10.1. The molecule has 1 aliphatic rings. The fourth-order valence-electron chi connectivity index (χ4n) is 2.38. The summed E-state index contributed by atoms with van der Waals surface area (Å²) in [6.07, 6.45) is 1.69. The summed E-state index contributed by atoms with van der Waals surface area (Å²) >= 11 is 1.75. The molecule has 0 spiro atoms. The summed E-state index contributed by atoms with van der Waals surface area (Å²) in [5.41, 5.74) is 0. The van der Waals surface area contributed by atoms with Crippen molar-refractivity contribution in [2.45, 2.75) is 38.0 Å². The molecule has 2 atom stereocenters. The highest BCUT2D eigenvalue weighted by atomic mass is 32.1. The smallest absolute Gasteiger partial charge is 0.0900 e. The minimum atomic E-state index is -0.440. The maximum absolute atomic E-state index is 10.1. The summed E-state index contributed by atoms with van der Waals surface area (Å²) in [6.45, 7) is 4.75. The van der Waals surface area contributed by atoms with Gasteiger partial charge < -0.3 is 14.6 Å². The van der Waals surface area contributed by atoms with Crippen LogP contribution in [0.5, 0.6) is 0 Å². The van der Waals surface area contributed by atoms with E-state index in [0.717, 1.165) is 26.1 Å². The molecule has 5 heteroatoms. The third kappa shape index (κ3) is 4.82. The van der Waals surface area contributed by atoms with Crippen LogP contribution in [-0.4, -0.2) is 55.6 Å². The predicted molar refractivity (Wildman–Crippen MR) is 81.2 cm³/mol. The van der Waals surface area contributed by atoms with Crippen LogP contribution >= 0.6 is 11.3 Å². The van der Waals surface area contributed by atoms with Gasteiger partial charge in [-0.1, -0.05) is 6.07 Å². The maximum Gasteiger partial charge on any atom is 0.0900 e. The molecule has 20 heavy (non-hydrogen) atoms. The van der Waals surface area contributed by atoms with Crippen molar-refractivity contribution in [1.82, 2.24) is 4.90 Å². The van der Waals surface area contributed by atoms with Gasteiger partial charge in [-0.3, -0.25) is 4.90 Å². The van der Waals surface area contributed by atoms with Crippen molar-refractivity contribution in [1.29, 1.82) is 0 Å². The van der Waals surface area contributed by atoms with E-state index in [9.17, 15) is 5.11 Å². The van der Waals surface area contributed by atoms with E-state index < -0.39 is 6.10 Å². The zero-order chi connectivity index (χ0) is 14.4. The Morgan fingerprint density at radius 1 is 1.50 bits per heavy atom. The molecule has 0 aromatic carbocycles. The third-order valence-corrected chi connectivity index (χ3v) is 4.85. The molecule has 1 aromatic heterocycles. The molecule has 1 fully saturated rings. The SMILES string of the molecule is CC(c1cccs1)N(C)CC(O)COC1CCOCC1. The van der Waals surface area contributed by atoms with Crippen molar-refractivity contribution in [3.8, 4) is 0 Å². The molecule has 1 N–H and O–H groups in total. The minimum absolute atomic E-state index is 0.249. The second-order valence-corrected chi connectivity index (χ2v) is 6.41. The molecule has 0 amide bonds. The van der Waals surface area contributed by atoms with Crippen LogP contribution in [0.1, 0.15) is 30.7 Å². The van der Waals surface area contributed by atoms with E-state index in [4.69, 9.17) is 9.47 Å². The summed E-state index contributed by atoms with van der Waals surface area (Å²) in [4.78, 5) is 3.49. The van der Waals surface area contributed by atoms with Gasteiger partial charge in [-0.2, -0.15) is 0 Å². The Labute approximate surface area is 125 Å². The standard InChI is InChI=1S/C15H25NO3S/c1-12(15-4-3-9-20-15)16(2)10-13(17)11-19-14-5-7-18-8-6-14/h3-4,9,12-14,17H,5-8,10-11H2,1-2H3. The Kier molecular flexibility index (Phi) is 6.45. The molecule has 1 aromatic rings. The van der Waals surface area contributed by atoms with E-state index in [0.29, 0.717) is 19.2 Å². The van der Waals surface area contributed by atoms with Crippen molar-refractivity contribution >= 4 is 11.3 Å². The molecule has 0 aliphatic carbocycles. The summed E-state index contributed by atoms with van der Waals surface area (Å²) in [6, 6.07) is 4.53. The average molecular weight is 299 g/mol. The van der Waals surface area contributed by atoms with Gasteiger partial charge in [-0.25, -0.2) is 0 Å². The van der Waals surface area contributed by atoms with Gasteiger partial charge in [0.05, 0.1) is 18.8 Å². The van der Waals surface area contributed by atoms with E-state index in [1.54, 1.807) is 11.3 Å². The summed E-state index contributed by atoms with van der Waals surface area (Å²) in [5.74, 6) is 0. The molecule has 0 radical (unpaired) electrons. The zero-order valence-corrected chi connectivity index (χ0v) is 13.1. The Morgan fingerprint density at radius 3 is 2.90 bits per heavy atom. The minimum Gasteiger partial charge on any atom is -0.389 e. The fourth-order valence-corrected chi connectivity index (χ4v) is 3.23. The van der Waals surface area contributed by atoms with Gasteiger partial charge in [-0.15, -0.1) is 11.3 Å². The molecule has 0 bridgehead atoms. The molecule has 2 unspecified atom stereocenters. The van der Waals surface area contributed by atoms with Gasteiger partial charge in [0.2, 0.25) is 0 Å². The molecular weight excluding hydrogens is 274 g/mol. The molecule has 1 aliphatic heterocycles. The van der Waals surface area contributed by atoms with Crippen molar-refractivity contribution in [2.75, 3.05) is 33.4 Å². The van der Waals surface area contributed by atoms with Crippen molar-refractivity contribution < 1.29 is 14.6 Å². The van der Waals surface area contributed by atoms with Crippen molar-refractivity contribution in [2.24, 2.45) is 0 Å². The van der Waals surface area contributed by atoms with Gasteiger partial charge >= 0.3 is 0 Å². The largest absolute Gasteiger partial charge is 0.389 e. The monoisotopic (exact) mass is 299 g/mol. The van der Waals surface area contributed by atoms with E-state index in [1.807, 2.05) is 7.05 Å². The first-order valence-electron chi connectivity index (χ1n) is 7.28. The quantitative estimate of drug-likeness (QED) is 0.839. The Hall–Kier alpha value is -0.460. The van der Waals surface area contributed by atoms with Gasteiger partial charge in [0.15, 0.2) is 0 Å². The lowest BCUT2D eigenvalue weighted by molar-refractivity contribution is -0.0644. The molecule has 2 rings (SSSR count). The fraction of sp³-hybridized carbons (Fsp3) is 0.733. The van der Waals surface area contributed by atoms with E-state index in [1.165, 1.54) is 4.88 Å². The molecular formula is C15H25NO3S. The second kappa shape index (κ2) is 8.10. The normalized spacial score (nSPS) is 20.2. The van der Waals surface area contributed by atoms with Gasteiger partial charge in [0.25, 0.3) is 0 Å². The van der Waals surface area contributed by atoms with Gasteiger partial charge in [0, 0.05) is 30.7 Å². The Bertz CT molecular complexity index is 365. The Balaban J connectivity index is 1.69. The third-order valence-electron chi connectivity index (χ3n) is 3.81. The highest BCUT2D eigenvalue weighted by molar-refractivity contribution is 7.10. The summed E-state index contributed by atoms with van der Waals surface area (Å²) in [5, 5.41) is 12.2. The van der Waals surface area contributed by atoms with Crippen LogP contribution in [-0.2, 0) is 9.47 Å². The molecule has 2 heterocycles. The van der Waals surface area contributed by atoms with Crippen molar-refractivity contribution in [3.05, 3.63) is 22.4 Å². The van der Waals surface area contributed by atoms with Gasteiger partial charge in [-0.05, 0) is 38.3 Å². The van der Waals surface area contributed by atoms with Crippen LogP contribution in [0.15, 0.2) is 17.5 Å². The number of thiophene rings is 1. The van der Waals surface area contributed by atoms with E-state index >= 15 is 0 Å². The number of likely N-dealkylation sites (N-methyl/N-ethyl adjacent to an activating group) is 1. The molecule has 4 nitrogen and oxygen atoms in total. The molecule has 0 saturated carbocycles. The number of aliphatic hydroxyl groups is 1. The van der Waals surface area contributed by atoms with Crippen LogP contribution in [0, 0.1) is 0 Å². The first-order valence-corrected chi connectivity index (χ1v) is 8.16.